The van der Waals surface area contributed by atoms with Gasteiger partial charge in [-0.05, 0) is 69.7 Å². The van der Waals surface area contributed by atoms with Gasteiger partial charge >= 0.3 is 0 Å². The Labute approximate surface area is 178 Å². The van der Waals surface area contributed by atoms with Crippen LogP contribution in [-0.2, 0) is 11.3 Å². The number of carbonyl (C=O) groups is 1. The zero-order chi connectivity index (χ0) is 21.1. The lowest BCUT2D eigenvalue weighted by Crippen LogP contribution is -2.29. The van der Waals surface area contributed by atoms with Crippen molar-refractivity contribution >= 4 is 16.9 Å². The number of imidazole rings is 1. The highest BCUT2D eigenvalue weighted by molar-refractivity contribution is 5.81. The molecule has 1 N–H and O–H groups in total. The lowest BCUT2D eigenvalue weighted by Gasteiger charge is -2.17. The summed E-state index contributed by atoms with van der Waals surface area (Å²) in [6.45, 7) is 7.76. The molecule has 4 rings (SSSR count). The van der Waals surface area contributed by atoms with E-state index in [1.807, 2.05) is 25.1 Å². The lowest BCUT2D eigenvalue weighted by atomic mass is 10.1. The van der Waals surface area contributed by atoms with E-state index in [-0.39, 0.29) is 17.9 Å². The number of unbranched alkanes of at least 4 members (excludes halogenated alkanes) is 1. The Hall–Kier alpha value is -2.82. The molecule has 1 saturated carbocycles. The number of ether oxygens (including phenoxy) is 1. The van der Waals surface area contributed by atoms with Crippen LogP contribution in [-0.4, -0.2) is 22.1 Å². The molecule has 0 spiro atoms. The summed E-state index contributed by atoms with van der Waals surface area (Å²) in [6.07, 6.45) is 3.97. The van der Waals surface area contributed by atoms with E-state index in [2.05, 4.69) is 48.0 Å². The van der Waals surface area contributed by atoms with E-state index >= 15 is 0 Å². The van der Waals surface area contributed by atoms with E-state index in [0.717, 1.165) is 54.8 Å². The zero-order valence-corrected chi connectivity index (χ0v) is 18.1. The molecule has 158 valence electrons. The zero-order valence-electron chi connectivity index (χ0n) is 18.1. The van der Waals surface area contributed by atoms with Gasteiger partial charge in [-0.15, -0.1) is 0 Å². The molecule has 1 aromatic heterocycles. The van der Waals surface area contributed by atoms with Crippen molar-refractivity contribution in [1.29, 1.82) is 0 Å². The third kappa shape index (κ3) is 4.50. The van der Waals surface area contributed by atoms with Gasteiger partial charge in [-0.3, -0.25) is 4.79 Å². The monoisotopic (exact) mass is 405 g/mol. The van der Waals surface area contributed by atoms with Gasteiger partial charge < -0.3 is 14.6 Å². The predicted molar refractivity (Wildman–Crippen MR) is 120 cm³/mol. The lowest BCUT2D eigenvalue weighted by molar-refractivity contribution is -0.123. The van der Waals surface area contributed by atoms with Crippen LogP contribution >= 0.6 is 0 Å². The van der Waals surface area contributed by atoms with Gasteiger partial charge in [0.2, 0.25) is 5.91 Å². The van der Waals surface area contributed by atoms with Crippen molar-refractivity contribution < 1.29 is 9.53 Å². The first-order chi connectivity index (χ1) is 14.5. The topological polar surface area (TPSA) is 56.1 Å². The minimum atomic E-state index is -0.101. The number of rotatable bonds is 9. The average molecular weight is 406 g/mol. The van der Waals surface area contributed by atoms with Crippen molar-refractivity contribution in [2.75, 3.05) is 6.61 Å². The van der Waals surface area contributed by atoms with Gasteiger partial charge in [-0.1, -0.05) is 30.3 Å². The van der Waals surface area contributed by atoms with Gasteiger partial charge in [0.25, 0.3) is 0 Å². The molecule has 1 unspecified atom stereocenters. The smallest absolute Gasteiger partial charge is 0.223 e. The number of aryl methyl sites for hydroxylation is 3. The summed E-state index contributed by atoms with van der Waals surface area (Å²) < 4.78 is 8.31. The highest BCUT2D eigenvalue weighted by Gasteiger charge is 2.31. The summed E-state index contributed by atoms with van der Waals surface area (Å²) in [5, 5.41) is 3.15. The second kappa shape index (κ2) is 8.90. The number of para-hydroxylation sites is 3. The van der Waals surface area contributed by atoms with Crippen LogP contribution in [0.25, 0.3) is 11.0 Å². The third-order valence-corrected chi connectivity index (χ3v) is 5.81. The third-order valence-electron chi connectivity index (χ3n) is 5.81. The molecule has 5 nitrogen and oxygen atoms in total. The van der Waals surface area contributed by atoms with Crippen LogP contribution in [0.15, 0.2) is 42.5 Å². The number of hydrogen-bond acceptors (Lipinski definition) is 3. The maximum absolute atomic E-state index is 12.2. The van der Waals surface area contributed by atoms with Crippen LogP contribution in [0, 0.1) is 19.8 Å². The predicted octanol–water partition coefficient (Wildman–Crippen LogP) is 5.10. The second-order valence-electron chi connectivity index (χ2n) is 8.39. The van der Waals surface area contributed by atoms with Gasteiger partial charge in [0.15, 0.2) is 0 Å². The van der Waals surface area contributed by atoms with Gasteiger partial charge in [-0.25, -0.2) is 4.98 Å². The number of carbonyl (C=O) groups excluding carboxylic acids is 1. The van der Waals surface area contributed by atoms with E-state index in [1.54, 1.807) is 0 Å². The van der Waals surface area contributed by atoms with Crippen LogP contribution in [0.5, 0.6) is 5.75 Å². The van der Waals surface area contributed by atoms with Gasteiger partial charge in [-0.2, -0.15) is 0 Å². The fourth-order valence-corrected chi connectivity index (χ4v) is 3.97. The molecule has 3 aromatic rings. The standard InChI is InChI=1S/C25H31N3O2/c1-17-9-8-10-18(2)23(17)30-16-7-6-15-28-22-12-5-4-11-21(22)27-24(28)19(3)26-25(29)20-13-14-20/h4-5,8-12,19-20H,6-7,13-16H2,1-3H3,(H,26,29). The molecule has 1 aliphatic rings. The Bertz CT molecular complexity index is 1020. The van der Waals surface area contributed by atoms with Crippen molar-refractivity contribution in [3.63, 3.8) is 0 Å². The van der Waals surface area contributed by atoms with E-state index in [9.17, 15) is 4.79 Å². The Balaban J connectivity index is 1.40. The molecule has 1 fully saturated rings. The van der Waals surface area contributed by atoms with Crippen molar-refractivity contribution in [2.24, 2.45) is 5.92 Å². The normalized spacial score (nSPS) is 14.6. The first kappa shape index (κ1) is 20.5. The van der Waals surface area contributed by atoms with Crippen molar-refractivity contribution in [2.45, 2.75) is 59.0 Å². The number of nitrogens with one attached hydrogen (secondary N) is 1. The van der Waals surface area contributed by atoms with Gasteiger partial charge in [0.1, 0.15) is 11.6 Å². The van der Waals surface area contributed by atoms with E-state index in [1.165, 1.54) is 11.1 Å². The molecule has 5 heteroatoms. The first-order valence-corrected chi connectivity index (χ1v) is 11.0. The molecule has 1 amide bonds. The van der Waals surface area contributed by atoms with E-state index < -0.39 is 0 Å². The van der Waals surface area contributed by atoms with Crippen molar-refractivity contribution in [3.8, 4) is 5.75 Å². The van der Waals surface area contributed by atoms with Crippen LogP contribution in [0.2, 0.25) is 0 Å². The fourth-order valence-electron chi connectivity index (χ4n) is 3.97. The Morgan fingerprint density at radius 1 is 1.13 bits per heavy atom. The minimum Gasteiger partial charge on any atom is -0.493 e. The van der Waals surface area contributed by atoms with Gasteiger partial charge in [0.05, 0.1) is 23.7 Å². The highest BCUT2D eigenvalue weighted by atomic mass is 16.5. The van der Waals surface area contributed by atoms with Gasteiger partial charge in [0, 0.05) is 12.5 Å². The van der Waals surface area contributed by atoms with Crippen LogP contribution in [0.4, 0.5) is 0 Å². The SMILES string of the molecule is Cc1cccc(C)c1OCCCCn1c(C(C)NC(=O)C2CC2)nc2ccccc21. The second-order valence-corrected chi connectivity index (χ2v) is 8.39. The number of amides is 1. The summed E-state index contributed by atoms with van der Waals surface area (Å²) in [6, 6.07) is 14.3. The molecule has 2 aromatic carbocycles. The summed E-state index contributed by atoms with van der Waals surface area (Å²) in [5.74, 6) is 2.29. The molecular formula is C25H31N3O2. The summed E-state index contributed by atoms with van der Waals surface area (Å²) in [4.78, 5) is 17.1. The van der Waals surface area contributed by atoms with Crippen LogP contribution < -0.4 is 10.1 Å². The van der Waals surface area contributed by atoms with E-state index in [0.29, 0.717) is 6.61 Å². The molecule has 0 radical (unpaired) electrons. The number of benzene rings is 2. The van der Waals surface area contributed by atoms with Crippen molar-refractivity contribution in [3.05, 3.63) is 59.4 Å². The number of aromatic nitrogens is 2. The maximum atomic E-state index is 12.2. The Morgan fingerprint density at radius 2 is 1.87 bits per heavy atom. The van der Waals surface area contributed by atoms with Crippen LogP contribution in [0.3, 0.4) is 0 Å². The number of fused-ring (bicyclic) bond motifs is 1. The Kier molecular flexibility index (Phi) is 6.07. The quantitative estimate of drug-likeness (QED) is 0.504. The molecule has 1 atom stereocenters. The molecule has 0 saturated heterocycles. The summed E-state index contributed by atoms with van der Waals surface area (Å²) in [7, 11) is 0. The van der Waals surface area contributed by atoms with E-state index in [4.69, 9.17) is 9.72 Å². The molecule has 0 bridgehead atoms. The largest absolute Gasteiger partial charge is 0.493 e. The first-order valence-electron chi connectivity index (χ1n) is 11.0. The molecule has 30 heavy (non-hydrogen) atoms. The molecule has 1 heterocycles. The summed E-state index contributed by atoms with van der Waals surface area (Å²) >= 11 is 0. The number of hydrogen-bond donors (Lipinski definition) is 1. The molecular weight excluding hydrogens is 374 g/mol. The average Bonchev–Trinajstić information content (AvgIpc) is 3.51. The highest BCUT2D eigenvalue weighted by Crippen LogP contribution is 2.30. The van der Waals surface area contributed by atoms with Crippen LogP contribution in [0.1, 0.15) is 55.6 Å². The molecule has 0 aliphatic heterocycles. The summed E-state index contributed by atoms with van der Waals surface area (Å²) in [5.41, 5.74) is 4.46. The number of nitrogens with zero attached hydrogens (tertiary/aromatic N) is 2. The Morgan fingerprint density at radius 3 is 2.60 bits per heavy atom. The van der Waals surface area contributed by atoms with Crippen molar-refractivity contribution in [1.82, 2.24) is 14.9 Å². The minimum absolute atomic E-state index is 0.101. The molecule has 1 aliphatic carbocycles. The maximum Gasteiger partial charge on any atom is 0.223 e. The fraction of sp³-hybridized carbons (Fsp3) is 0.440.